The quantitative estimate of drug-likeness (QED) is 0.573. The first-order valence-electron chi connectivity index (χ1n) is 8.74. The normalized spacial score (nSPS) is 20.6. The van der Waals surface area contributed by atoms with E-state index in [1.807, 2.05) is 0 Å². The molecule has 9 heteroatoms. The van der Waals surface area contributed by atoms with Gasteiger partial charge in [-0.2, -0.15) is 0 Å². The summed E-state index contributed by atoms with van der Waals surface area (Å²) >= 11 is 12.2. The molecule has 6 nitrogen and oxygen atoms in total. The van der Waals surface area contributed by atoms with Gasteiger partial charge in [-0.15, -0.1) is 0 Å². The molecule has 1 aromatic heterocycles. The van der Waals surface area contributed by atoms with Crippen LogP contribution in [0.2, 0.25) is 10.2 Å². The molecular formula is C18H20Cl2N2O4S. The van der Waals surface area contributed by atoms with Gasteiger partial charge in [0, 0.05) is 23.0 Å². The SMILES string of the molecule is CCOC(=O)C1CCC(NS(=O)(=O)c2ccc3c(Cl)cnc(Cl)c3c2)CC1. The fourth-order valence-corrected chi connectivity index (χ4v) is 5.07. The molecule has 1 aliphatic carbocycles. The van der Waals surface area contributed by atoms with Gasteiger partial charge in [-0.3, -0.25) is 4.79 Å². The number of hydrogen-bond donors (Lipinski definition) is 1. The topological polar surface area (TPSA) is 85.4 Å². The fraction of sp³-hybridized carbons (Fsp3) is 0.444. The molecule has 0 radical (unpaired) electrons. The van der Waals surface area contributed by atoms with Crippen LogP contribution in [0.3, 0.4) is 0 Å². The van der Waals surface area contributed by atoms with Crippen molar-refractivity contribution in [3.8, 4) is 0 Å². The van der Waals surface area contributed by atoms with Crippen molar-refractivity contribution >= 4 is 50.0 Å². The predicted octanol–water partition coefficient (Wildman–Crippen LogP) is 3.94. The Balaban J connectivity index is 1.73. The van der Waals surface area contributed by atoms with Gasteiger partial charge in [-0.1, -0.05) is 29.3 Å². The molecule has 1 saturated carbocycles. The van der Waals surface area contributed by atoms with Crippen LogP contribution in [0, 0.1) is 5.92 Å². The van der Waals surface area contributed by atoms with Crippen molar-refractivity contribution in [3.05, 3.63) is 34.6 Å². The minimum absolute atomic E-state index is 0.105. The number of pyridine rings is 1. The summed E-state index contributed by atoms with van der Waals surface area (Å²) in [6.07, 6.45) is 3.82. The Hall–Kier alpha value is -1.41. The number of esters is 1. The molecule has 146 valence electrons. The number of aromatic nitrogens is 1. The van der Waals surface area contributed by atoms with Crippen LogP contribution in [-0.2, 0) is 19.6 Å². The molecule has 0 aliphatic heterocycles. The number of benzene rings is 1. The van der Waals surface area contributed by atoms with Gasteiger partial charge >= 0.3 is 5.97 Å². The number of halogens is 2. The summed E-state index contributed by atoms with van der Waals surface area (Å²) in [4.78, 5) is 15.9. The maximum absolute atomic E-state index is 12.8. The van der Waals surface area contributed by atoms with Crippen LogP contribution in [0.15, 0.2) is 29.3 Å². The summed E-state index contributed by atoms with van der Waals surface area (Å²) in [6.45, 7) is 2.13. The summed E-state index contributed by atoms with van der Waals surface area (Å²) < 4.78 is 33.3. The Morgan fingerprint density at radius 1 is 1.22 bits per heavy atom. The second-order valence-corrected chi connectivity index (χ2v) is 9.01. The van der Waals surface area contributed by atoms with E-state index in [0.717, 1.165) is 0 Å². The lowest BCUT2D eigenvalue weighted by Gasteiger charge is -2.27. The first-order valence-corrected chi connectivity index (χ1v) is 11.0. The van der Waals surface area contributed by atoms with Crippen molar-refractivity contribution in [2.75, 3.05) is 6.61 Å². The molecule has 0 saturated heterocycles. The van der Waals surface area contributed by atoms with Crippen LogP contribution in [0.5, 0.6) is 0 Å². The molecule has 0 spiro atoms. The number of carbonyl (C=O) groups is 1. The van der Waals surface area contributed by atoms with E-state index in [-0.39, 0.29) is 28.0 Å². The summed E-state index contributed by atoms with van der Waals surface area (Å²) in [5.74, 6) is -0.356. The van der Waals surface area contributed by atoms with E-state index in [4.69, 9.17) is 27.9 Å². The maximum atomic E-state index is 12.8. The standard InChI is InChI=1S/C18H20Cl2N2O4S/c1-2-26-18(23)11-3-5-12(6-4-11)22-27(24,25)13-7-8-14-15(9-13)17(20)21-10-16(14)19/h7-12,22H,2-6H2,1H3. The van der Waals surface area contributed by atoms with Gasteiger partial charge in [-0.05, 0) is 44.7 Å². The second kappa shape index (κ2) is 8.31. The second-order valence-electron chi connectivity index (χ2n) is 6.53. The molecular weight excluding hydrogens is 411 g/mol. The van der Waals surface area contributed by atoms with Gasteiger partial charge in [0.2, 0.25) is 10.0 Å². The number of ether oxygens (including phenoxy) is 1. The van der Waals surface area contributed by atoms with Crippen LogP contribution in [0.1, 0.15) is 32.6 Å². The number of carbonyl (C=O) groups excluding carboxylic acids is 1. The number of nitrogens with zero attached hydrogens (tertiary/aromatic N) is 1. The van der Waals surface area contributed by atoms with E-state index in [0.29, 0.717) is 48.1 Å². The Bertz CT molecular complexity index is 957. The smallest absolute Gasteiger partial charge is 0.308 e. The Morgan fingerprint density at radius 2 is 1.93 bits per heavy atom. The number of fused-ring (bicyclic) bond motifs is 1. The Labute approximate surface area is 168 Å². The molecule has 0 amide bonds. The highest BCUT2D eigenvalue weighted by Crippen LogP contribution is 2.31. The van der Waals surface area contributed by atoms with Crippen LogP contribution < -0.4 is 4.72 Å². The van der Waals surface area contributed by atoms with Gasteiger partial charge in [-0.25, -0.2) is 18.1 Å². The number of rotatable bonds is 5. The summed E-state index contributed by atoms with van der Waals surface area (Å²) in [7, 11) is -3.72. The monoisotopic (exact) mass is 430 g/mol. The summed E-state index contributed by atoms with van der Waals surface area (Å²) in [5.41, 5.74) is 0. The lowest BCUT2D eigenvalue weighted by atomic mass is 9.86. The van der Waals surface area contributed by atoms with E-state index < -0.39 is 10.0 Å². The first-order chi connectivity index (χ1) is 12.8. The van der Waals surface area contributed by atoms with E-state index in [9.17, 15) is 13.2 Å². The van der Waals surface area contributed by atoms with Gasteiger partial charge < -0.3 is 4.74 Å². The average Bonchev–Trinajstić information content (AvgIpc) is 2.65. The van der Waals surface area contributed by atoms with E-state index in [1.54, 1.807) is 13.0 Å². The Morgan fingerprint density at radius 3 is 2.59 bits per heavy atom. The van der Waals surface area contributed by atoms with Crippen molar-refractivity contribution in [1.82, 2.24) is 9.71 Å². The zero-order chi connectivity index (χ0) is 19.6. The van der Waals surface area contributed by atoms with Gasteiger partial charge in [0.1, 0.15) is 5.15 Å². The molecule has 1 N–H and O–H groups in total. The predicted molar refractivity (Wildman–Crippen MR) is 104 cm³/mol. The highest BCUT2D eigenvalue weighted by molar-refractivity contribution is 7.89. The van der Waals surface area contributed by atoms with Crippen molar-refractivity contribution in [3.63, 3.8) is 0 Å². The summed E-state index contributed by atoms with van der Waals surface area (Å²) in [6, 6.07) is 4.38. The molecule has 2 aromatic rings. The molecule has 1 aliphatic rings. The number of hydrogen-bond acceptors (Lipinski definition) is 5. The molecule has 1 aromatic carbocycles. The van der Waals surface area contributed by atoms with Crippen molar-refractivity contribution in [2.24, 2.45) is 5.92 Å². The van der Waals surface area contributed by atoms with E-state index in [1.165, 1.54) is 18.3 Å². The maximum Gasteiger partial charge on any atom is 0.308 e. The van der Waals surface area contributed by atoms with E-state index >= 15 is 0 Å². The van der Waals surface area contributed by atoms with Crippen LogP contribution in [-0.4, -0.2) is 32.0 Å². The third kappa shape index (κ3) is 4.54. The number of sulfonamides is 1. The average molecular weight is 431 g/mol. The van der Waals surface area contributed by atoms with Crippen molar-refractivity contribution in [1.29, 1.82) is 0 Å². The van der Waals surface area contributed by atoms with E-state index in [2.05, 4.69) is 9.71 Å². The lowest BCUT2D eigenvalue weighted by Crippen LogP contribution is -2.38. The third-order valence-electron chi connectivity index (χ3n) is 4.74. The highest BCUT2D eigenvalue weighted by atomic mass is 35.5. The Kier molecular flexibility index (Phi) is 6.25. The molecule has 27 heavy (non-hydrogen) atoms. The zero-order valence-corrected chi connectivity index (χ0v) is 17.1. The van der Waals surface area contributed by atoms with Gasteiger partial charge in [0.05, 0.1) is 22.4 Å². The highest BCUT2D eigenvalue weighted by Gasteiger charge is 2.30. The largest absolute Gasteiger partial charge is 0.466 e. The lowest BCUT2D eigenvalue weighted by molar-refractivity contribution is -0.149. The molecule has 0 bridgehead atoms. The minimum atomic E-state index is -3.72. The number of nitrogens with one attached hydrogen (secondary N) is 1. The first kappa shape index (κ1) is 20.3. The summed E-state index contributed by atoms with van der Waals surface area (Å²) in [5, 5.41) is 1.73. The molecule has 3 rings (SSSR count). The van der Waals surface area contributed by atoms with Gasteiger partial charge in [0.15, 0.2) is 0 Å². The fourth-order valence-electron chi connectivity index (χ4n) is 3.32. The molecule has 1 fully saturated rings. The molecule has 0 unspecified atom stereocenters. The molecule has 0 atom stereocenters. The zero-order valence-electron chi connectivity index (χ0n) is 14.7. The minimum Gasteiger partial charge on any atom is -0.466 e. The molecule has 1 heterocycles. The van der Waals surface area contributed by atoms with Crippen LogP contribution in [0.25, 0.3) is 10.8 Å². The van der Waals surface area contributed by atoms with Crippen molar-refractivity contribution < 1.29 is 17.9 Å². The third-order valence-corrected chi connectivity index (χ3v) is 6.86. The van der Waals surface area contributed by atoms with Crippen molar-refractivity contribution in [2.45, 2.75) is 43.5 Å². The van der Waals surface area contributed by atoms with Crippen LogP contribution >= 0.6 is 23.2 Å². The van der Waals surface area contributed by atoms with Crippen LogP contribution in [0.4, 0.5) is 0 Å². The van der Waals surface area contributed by atoms with Gasteiger partial charge in [0.25, 0.3) is 0 Å².